The summed E-state index contributed by atoms with van der Waals surface area (Å²) in [5.74, 6) is 0.817. The van der Waals surface area contributed by atoms with Crippen LogP contribution in [0, 0.1) is 5.92 Å². The summed E-state index contributed by atoms with van der Waals surface area (Å²) < 4.78 is 0. The van der Waals surface area contributed by atoms with E-state index in [0.717, 1.165) is 19.0 Å². The maximum atomic E-state index is 10.7. The molecule has 4 nitrogen and oxygen atoms in total. The average Bonchev–Trinajstić information content (AvgIpc) is 2.25. The predicted octanol–water partition coefficient (Wildman–Crippen LogP) is 0.833. The van der Waals surface area contributed by atoms with E-state index in [4.69, 9.17) is 0 Å². The van der Waals surface area contributed by atoms with E-state index in [-0.39, 0.29) is 5.91 Å². The average molecular weight is 241 g/mol. The van der Waals surface area contributed by atoms with Gasteiger partial charge in [0, 0.05) is 32.6 Å². The van der Waals surface area contributed by atoms with E-state index in [9.17, 15) is 4.79 Å². The molecular formula is C13H27N3O. The van der Waals surface area contributed by atoms with Crippen LogP contribution in [0.1, 0.15) is 33.6 Å². The first-order valence-corrected chi connectivity index (χ1v) is 6.78. The molecule has 17 heavy (non-hydrogen) atoms. The van der Waals surface area contributed by atoms with Gasteiger partial charge in [-0.3, -0.25) is 4.79 Å². The van der Waals surface area contributed by atoms with Gasteiger partial charge in [0.1, 0.15) is 0 Å². The third kappa shape index (κ3) is 6.64. The van der Waals surface area contributed by atoms with Crippen LogP contribution in [0.15, 0.2) is 0 Å². The van der Waals surface area contributed by atoms with E-state index in [1.54, 1.807) is 6.92 Å². The largest absolute Gasteiger partial charge is 0.355 e. The zero-order valence-electron chi connectivity index (χ0n) is 11.5. The fraction of sp³-hybridized carbons (Fsp3) is 0.923. The number of amides is 1. The van der Waals surface area contributed by atoms with Crippen molar-refractivity contribution in [1.29, 1.82) is 0 Å². The normalized spacial score (nSPS) is 18.6. The van der Waals surface area contributed by atoms with Crippen LogP contribution in [0.4, 0.5) is 0 Å². The van der Waals surface area contributed by atoms with Crippen molar-refractivity contribution in [3.63, 3.8) is 0 Å². The Morgan fingerprint density at radius 1 is 1.29 bits per heavy atom. The van der Waals surface area contributed by atoms with Crippen molar-refractivity contribution >= 4 is 5.91 Å². The van der Waals surface area contributed by atoms with Gasteiger partial charge in [-0.25, -0.2) is 0 Å². The fourth-order valence-electron chi connectivity index (χ4n) is 2.35. The van der Waals surface area contributed by atoms with Crippen molar-refractivity contribution in [3.05, 3.63) is 0 Å². The van der Waals surface area contributed by atoms with Crippen LogP contribution in [0.3, 0.4) is 0 Å². The molecule has 0 atom stereocenters. The van der Waals surface area contributed by atoms with Gasteiger partial charge in [0.05, 0.1) is 0 Å². The molecule has 0 aliphatic carbocycles. The van der Waals surface area contributed by atoms with Crippen LogP contribution in [0.2, 0.25) is 0 Å². The molecule has 1 saturated heterocycles. The summed E-state index contributed by atoms with van der Waals surface area (Å²) in [5.41, 5.74) is 0. The zero-order valence-corrected chi connectivity index (χ0v) is 11.5. The molecule has 1 rings (SSSR count). The van der Waals surface area contributed by atoms with Crippen molar-refractivity contribution in [1.82, 2.24) is 15.5 Å². The van der Waals surface area contributed by atoms with Gasteiger partial charge >= 0.3 is 0 Å². The van der Waals surface area contributed by atoms with Crippen LogP contribution in [-0.4, -0.2) is 49.6 Å². The Bertz CT molecular complexity index is 223. The molecule has 0 bridgehead atoms. The Morgan fingerprint density at radius 3 is 2.47 bits per heavy atom. The van der Waals surface area contributed by atoms with Gasteiger partial charge in [-0.15, -0.1) is 0 Å². The number of hydrogen-bond acceptors (Lipinski definition) is 3. The lowest BCUT2D eigenvalue weighted by atomic mass is 10.0. The lowest BCUT2D eigenvalue weighted by molar-refractivity contribution is -0.118. The van der Waals surface area contributed by atoms with E-state index in [0.29, 0.717) is 6.04 Å². The second-order valence-electron chi connectivity index (χ2n) is 5.41. The fourth-order valence-corrected chi connectivity index (χ4v) is 2.35. The maximum Gasteiger partial charge on any atom is 0.216 e. The molecule has 0 unspecified atom stereocenters. The predicted molar refractivity (Wildman–Crippen MR) is 71.0 cm³/mol. The number of hydrogen-bond donors (Lipinski definition) is 2. The molecule has 1 heterocycles. The number of carbonyl (C=O) groups excluding carboxylic acids is 1. The standard InChI is InChI=1S/C13H27N3O/c1-11(2)10-16-8-4-13(5-9-16)15-7-6-14-12(3)17/h11,13,15H,4-10H2,1-3H3,(H,14,17). The lowest BCUT2D eigenvalue weighted by Gasteiger charge is -2.33. The second kappa shape index (κ2) is 7.67. The number of rotatable bonds is 6. The Hall–Kier alpha value is -0.610. The van der Waals surface area contributed by atoms with Crippen molar-refractivity contribution in [2.24, 2.45) is 5.92 Å². The quantitative estimate of drug-likeness (QED) is 0.677. The van der Waals surface area contributed by atoms with Crippen molar-refractivity contribution in [2.45, 2.75) is 39.7 Å². The number of likely N-dealkylation sites (tertiary alicyclic amines) is 1. The molecule has 1 amide bonds. The summed E-state index contributed by atoms with van der Waals surface area (Å²) in [6.07, 6.45) is 2.46. The molecular weight excluding hydrogens is 214 g/mol. The topological polar surface area (TPSA) is 44.4 Å². The van der Waals surface area contributed by atoms with E-state index < -0.39 is 0 Å². The molecule has 1 fully saturated rings. The Morgan fingerprint density at radius 2 is 1.94 bits per heavy atom. The van der Waals surface area contributed by atoms with Gasteiger partial charge in [0.2, 0.25) is 5.91 Å². The van der Waals surface area contributed by atoms with Gasteiger partial charge < -0.3 is 15.5 Å². The van der Waals surface area contributed by atoms with Gasteiger partial charge in [-0.05, 0) is 31.8 Å². The minimum Gasteiger partial charge on any atom is -0.355 e. The first-order chi connectivity index (χ1) is 8.08. The molecule has 0 aromatic rings. The van der Waals surface area contributed by atoms with Crippen LogP contribution in [0.25, 0.3) is 0 Å². The number of nitrogens with zero attached hydrogens (tertiary/aromatic N) is 1. The van der Waals surface area contributed by atoms with E-state index in [1.165, 1.54) is 32.5 Å². The lowest BCUT2D eigenvalue weighted by Crippen LogP contribution is -2.45. The minimum absolute atomic E-state index is 0.0542. The van der Waals surface area contributed by atoms with Crippen LogP contribution in [-0.2, 0) is 4.79 Å². The molecule has 100 valence electrons. The first kappa shape index (κ1) is 14.5. The smallest absolute Gasteiger partial charge is 0.216 e. The Kier molecular flexibility index (Phi) is 6.52. The molecule has 1 aliphatic rings. The highest BCUT2D eigenvalue weighted by Gasteiger charge is 2.18. The third-order valence-electron chi connectivity index (χ3n) is 3.14. The van der Waals surface area contributed by atoms with Crippen LogP contribution >= 0.6 is 0 Å². The number of nitrogens with one attached hydrogen (secondary N) is 2. The second-order valence-corrected chi connectivity index (χ2v) is 5.41. The maximum absolute atomic E-state index is 10.7. The highest BCUT2D eigenvalue weighted by molar-refractivity contribution is 5.72. The summed E-state index contributed by atoms with van der Waals surface area (Å²) in [4.78, 5) is 13.2. The van der Waals surface area contributed by atoms with E-state index in [1.807, 2.05) is 0 Å². The highest BCUT2D eigenvalue weighted by Crippen LogP contribution is 2.11. The number of carbonyl (C=O) groups is 1. The van der Waals surface area contributed by atoms with Gasteiger partial charge in [0.25, 0.3) is 0 Å². The van der Waals surface area contributed by atoms with Crippen molar-refractivity contribution in [2.75, 3.05) is 32.7 Å². The SMILES string of the molecule is CC(=O)NCCNC1CCN(CC(C)C)CC1. The summed E-state index contributed by atoms with van der Waals surface area (Å²) >= 11 is 0. The summed E-state index contributed by atoms with van der Waals surface area (Å²) in [7, 11) is 0. The molecule has 2 N–H and O–H groups in total. The van der Waals surface area contributed by atoms with Gasteiger partial charge in [-0.1, -0.05) is 13.8 Å². The molecule has 4 heteroatoms. The summed E-state index contributed by atoms with van der Waals surface area (Å²) in [5, 5.41) is 6.32. The first-order valence-electron chi connectivity index (χ1n) is 6.78. The molecule has 0 radical (unpaired) electrons. The third-order valence-corrected chi connectivity index (χ3v) is 3.14. The Labute approximate surface area is 105 Å². The van der Waals surface area contributed by atoms with E-state index >= 15 is 0 Å². The zero-order chi connectivity index (χ0) is 12.7. The molecule has 0 aromatic carbocycles. The monoisotopic (exact) mass is 241 g/mol. The van der Waals surface area contributed by atoms with E-state index in [2.05, 4.69) is 29.4 Å². The Balaban J connectivity index is 2.04. The van der Waals surface area contributed by atoms with Crippen molar-refractivity contribution < 1.29 is 4.79 Å². The minimum atomic E-state index is 0.0542. The number of piperidine rings is 1. The highest BCUT2D eigenvalue weighted by atomic mass is 16.1. The van der Waals surface area contributed by atoms with Gasteiger partial charge in [0.15, 0.2) is 0 Å². The van der Waals surface area contributed by atoms with Gasteiger partial charge in [-0.2, -0.15) is 0 Å². The summed E-state index contributed by atoms with van der Waals surface area (Å²) in [6, 6.07) is 0.632. The van der Waals surface area contributed by atoms with Crippen LogP contribution < -0.4 is 10.6 Å². The molecule has 0 aromatic heterocycles. The van der Waals surface area contributed by atoms with Crippen molar-refractivity contribution in [3.8, 4) is 0 Å². The molecule has 0 saturated carbocycles. The van der Waals surface area contributed by atoms with Crippen LogP contribution in [0.5, 0.6) is 0 Å². The summed E-state index contributed by atoms with van der Waals surface area (Å²) in [6.45, 7) is 11.4. The molecule has 1 aliphatic heterocycles. The molecule has 0 spiro atoms.